The molecule has 1 aromatic heterocycles. The van der Waals surface area contributed by atoms with Gasteiger partial charge in [0.15, 0.2) is 5.69 Å². The molecule has 6 nitrogen and oxygen atoms in total. The lowest BCUT2D eigenvalue weighted by Gasteiger charge is -2.08. The van der Waals surface area contributed by atoms with Crippen LogP contribution in [0.4, 0.5) is 13.2 Å². The van der Waals surface area contributed by atoms with Crippen molar-refractivity contribution < 1.29 is 26.4 Å². The normalized spacial score (nSPS) is 12.2. The highest BCUT2D eigenvalue weighted by Gasteiger charge is 2.28. The summed E-state index contributed by atoms with van der Waals surface area (Å²) in [5, 5.41) is -0.363. The lowest BCUT2D eigenvalue weighted by Crippen LogP contribution is -2.32. The average Bonchev–Trinajstić information content (AvgIpc) is 2.84. The quantitative estimate of drug-likeness (QED) is 0.795. The van der Waals surface area contributed by atoms with Gasteiger partial charge in [-0.2, -0.15) is 13.2 Å². The van der Waals surface area contributed by atoms with Gasteiger partial charge in [0.05, 0.1) is 18.5 Å². The first-order valence-corrected chi connectivity index (χ1v) is 9.37. The molecule has 0 bridgehead atoms. The molecule has 26 heavy (non-hydrogen) atoms. The first-order valence-electron chi connectivity index (χ1n) is 7.34. The van der Waals surface area contributed by atoms with Crippen LogP contribution >= 0.6 is 11.6 Å². The predicted octanol–water partition coefficient (Wildman–Crippen LogP) is 3.06. The molecule has 0 saturated carbocycles. The van der Waals surface area contributed by atoms with Crippen molar-refractivity contribution in [1.82, 2.24) is 14.3 Å². The van der Waals surface area contributed by atoms with Crippen molar-refractivity contribution in [3.05, 3.63) is 52.6 Å². The molecule has 2 rings (SSSR count). The van der Waals surface area contributed by atoms with Gasteiger partial charge >= 0.3 is 6.18 Å². The summed E-state index contributed by atoms with van der Waals surface area (Å²) >= 11 is 5.84. The van der Waals surface area contributed by atoms with Crippen molar-refractivity contribution in [2.24, 2.45) is 0 Å². The molecule has 1 aromatic carbocycles. The van der Waals surface area contributed by atoms with Gasteiger partial charge in [-0.15, -0.1) is 0 Å². The van der Waals surface area contributed by atoms with Crippen LogP contribution in [0.1, 0.15) is 28.0 Å². The summed E-state index contributed by atoms with van der Waals surface area (Å²) in [5.41, 5.74) is 0.879. The maximum absolute atomic E-state index is 12.3. The Bertz CT molecular complexity index is 910. The number of halogens is 4. The average molecular weight is 410 g/mol. The highest BCUT2D eigenvalue weighted by atomic mass is 35.5. The number of hydrogen-bond acceptors (Lipinski definition) is 4. The first kappa shape index (κ1) is 20.2. The minimum Gasteiger partial charge on any atom is -0.321 e. The summed E-state index contributed by atoms with van der Waals surface area (Å²) in [5.74, 6) is -1.54. The Balaban J connectivity index is 2.08. The number of alkyl halides is 3. The van der Waals surface area contributed by atoms with Gasteiger partial charge in [-0.1, -0.05) is 41.4 Å². The van der Waals surface area contributed by atoms with E-state index in [4.69, 9.17) is 11.6 Å². The van der Waals surface area contributed by atoms with Crippen molar-refractivity contribution in [1.29, 1.82) is 0 Å². The van der Waals surface area contributed by atoms with E-state index in [0.29, 0.717) is 5.56 Å². The SMILES string of the molecule is Cc1cccc(CS(=O)(=O)NC(=O)c2ncn(CCC(F)(F)F)c2Cl)c1. The molecule has 0 atom stereocenters. The Hall–Kier alpha value is -2.07. The number of sulfonamides is 1. The van der Waals surface area contributed by atoms with Crippen LogP contribution < -0.4 is 4.72 Å². The van der Waals surface area contributed by atoms with Crippen LogP contribution in [-0.4, -0.2) is 30.1 Å². The fraction of sp³-hybridized carbons (Fsp3) is 0.333. The lowest BCUT2D eigenvalue weighted by atomic mass is 10.2. The number of hydrogen-bond donors (Lipinski definition) is 1. The van der Waals surface area contributed by atoms with Gasteiger partial charge in [-0.05, 0) is 12.5 Å². The Morgan fingerprint density at radius 2 is 2.04 bits per heavy atom. The Labute approximate surface area is 153 Å². The number of carbonyl (C=O) groups excluding carboxylic acids is 1. The molecule has 1 amide bonds. The Morgan fingerprint density at radius 3 is 2.65 bits per heavy atom. The van der Waals surface area contributed by atoms with Crippen LogP contribution in [0.25, 0.3) is 0 Å². The summed E-state index contributed by atoms with van der Waals surface area (Å²) in [7, 11) is -4.03. The zero-order chi connectivity index (χ0) is 19.5. The molecule has 0 radical (unpaired) electrons. The predicted molar refractivity (Wildman–Crippen MR) is 89.2 cm³/mol. The molecule has 0 saturated heterocycles. The Kier molecular flexibility index (Phi) is 5.97. The second-order valence-electron chi connectivity index (χ2n) is 5.62. The topological polar surface area (TPSA) is 81.1 Å². The van der Waals surface area contributed by atoms with Crippen LogP contribution in [0, 0.1) is 6.92 Å². The summed E-state index contributed by atoms with van der Waals surface area (Å²) < 4.78 is 63.8. The van der Waals surface area contributed by atoms with E-state index in [9.17, 15) is 26.4 Å². The number of amides is 1. The van der Waals surface area contributed by atoms with Crippen LogP contribution in [0.2, 0.25) is 5.15 Å². The molecule has 11 heteroatoms. The summed E-state index contributed by atoms with van der Waals surface area (Å²) in [6, 6.07) is 6.72. The molecule has 2 aromatic rings. The first-order chi connectivity index (χ1) is 12.0. The third-order valence-electron chi connectivity index (χ3n) is 3.31. The van der Waals surface area contributed by atoms with E-state index in [1.807, 2.05) is 4.72 Å². The zero-order valence-electron chi connectivity index (χ0n) is 13.5. The van der Waals surface area contributed by atoms with Crippen molar-refractivity contribution in [2.45, 2.75) is 31.8 Å². The second-order valence-corrected chi connectivity index (χ2v) is 7.70. The van der Waals surface area contributed by atoms with E-state index in [0.717, 1.165) is 16.5 Å². The number of rotatable bonds is 6. The molecule has 0 aliphatic rings. The number of imidazole rings is 1. The third-order valence-corrected chi connectivity index (χ3v) is 4.92. The van der Waals surface area contributed by atoms with E-state index < -0.39 is 46.5 Å². The van der Waals surface area contributed by atoms with Gasteiger partial charge in [-0.25, -0.2) is 18.1 Å². The molecule has 0 spiro atoms. The van der Waals surface area contributed by atoms with Crippen LogP contribution in [0.3, 0.4) is 0 Å². The third kappa shape index (κ3) is 5.73. The van der Waals surface area contributed by atoms with E-state index in [1.54, 1.807) is 31.2 Å². The van der Waals surface area contributed by atoms with E-state index in [1.165, 1.54) is 0 Å². The summed E-state index contributed by atoms with van der Waals surface area (Å²) in [6.45, 7) is 1.26. The molecule has 0 fully saturated rings. The van der Waals surface area contributed by atoms with Gasteiger partial charge < -0.3 is 4.57 Å². The number of benzene rings is 1. The molecule has 142 valence electrons. The highest BCUT2D eigenvalue weighted by Crippen LogP contribution is 2.23. The van der Waals surface area contributed by atoms with E-state index >= 15 is 0 Å². The fourth-order valence-electron chi connectivity index (χ4n) is 2.17. The minimum atomic E-state index is -4.40. The standard InChI is InChI=1S/C15H15ClF3N3O3S/c1-10-3-2-4-11(7-10)8-26(24,25)21-14(23)12-13(16)22(9-20-12)6-5-15(17,18)19/h2-4,7,9H,5-6,8H2,1H3,(H,21,23). The van der Waals surface area contributed by atoms with Crippen molar-refractivity contribution in [3.8, 4) is 0 Å². The number of nitrogens with zero attached hydrogens (tertiary/aromatic N) is 2. The van der Waals surface area contributed by atoms with Crippen LogP contribution in [0.15, 0.2) is 30.6 Å². The molecule has 1 N–H and O–H groups in total. The monoisotopic (exact) mass is 409 g/mol. The highest BCUT2D eigenvalue weighted by molar-refractivity contribution is 7.89. The van der Waals surface area contributed by atoms with Gasteiger partial charge in [-0.3, -0.25) is 4.79 Å². The minimum absolute atomic E-state index is 0.363. The maximum atomic E-state index is 12.3. The second kappa shape index (κ2) is 7.67. The van der Waals surface area contributed by atoms with E-state index in [2.05, 4.69) is 4.98 Å². The van der Waals surface area contributed by atoms with Gasteiger partial charge in [0.2, 0.25) is 10.0 Å². The van der Waals surface area contributed by atoms with Gasteiger partial charge in [0, 0.05) is 6.54 Å². The molecule has 1 heterocycles. The van der Waals surface area contributed by atoms with Gasteiger partial charge in [0.1, 0.15) is 5.15 Å². The maximum Gasteiger partial charge on any atom is 0.390 e. The van der Waals surface area contributed by atoms with Crippen molar-refractivity contribution in [3.63, 3.8) is 0 Å². The van der Waals surface area contributed by atoms with Crippen molar-refractivity contribution in [2.75, 3.05) is 0 Å². The molecular formula is C15H15ClF3N3O3S. The number of carbonyl (C=O) groups is 1. The molecular weight excluding hydrogens is 395 g/mol. The molecule has 0 aliphatic heterocycles. The van der Waals surface area contributed by atoms with Crippen LogP contribution in [-0.2, 0) is 22.3 Å². The lowest BCUT2D eigenvalue weighted by molar-refractivity contribution is -0.136. The van der Waals surface area contributed by atoms with Gasteiger partial charge in [0.25, 0.3) is 5.91 Å². The number of aryl methyl sites for hydroxylation is 2. The van der Waals surface area contributed by atoms with E-state index in [-0.39, 0.29) is 5.15 Å². The Morgan fingerprint density at radius 1 is 1.35 bits per heavy atom. The molecule has 0 aliphatic carbocycles. The summed E-state index contributed by atoms with van der Waals surface area (Å²) in [6.07, 6.45) is -4.60. The summed E-state index contributed by atoms with van der Waals surface area (Å²) in [4.78, 5) is 15.7. The van der Waals surface area contributed by atoms with Crippen molar-refractivity contribution >= 4 is 27.5 Å². The number of nitrogens with one attached hydrogen (secondary N) is 1. The smallest absolute Gasteiger partial charge is 0.321 e. The fourth-order valence-corrected chi connectivity index (χ4v) is 3.50. The number of aromatic nitrogens is 2. The van der Waals surface area contributed by atoms with Crippen LogP contribution in [0.5, 0.6) is 0 Å². The molecule has 0 unspecified atom stereocenters. The zero-order valence-corrected chi connectivity index (χ0v) is 15.1. The largest absolute Gasteiger partial charge is 0.390 e.